The van der Waals surface area contributed by atoms with Gasteiger partial charge in [0.15, 0.2) is 0 Å². The van der Waals surface area contributed by atoms with Crippen LogP contribution in [0.5, 0.6) is 11.5 Å². The third-order valence-corrected chi connectivity index (χ3v) is 16.6. The molecule has 3 aromatic heterocycles. The minimum absolute atomic E-state index is 0. The van der Waals surface area contributed by atoms with E-state index in [0.717, 1.165) is 113 Å². The molecule has 81 heavy (non-hydrogen) atoms. The second-order valence-electron chi connectivity index (χ2n) is 23.8. The van der Waals surface area contributed by atoms with Gasteiger partial charge in [-0.15, -0.1) is 29.3 Å². The molecule has 0 aliphatic heterocycles. The fourth-order valence-corrected chi connectivity index (χ4v) is 12.3. The Balaban J connectivity index is 0.00000618. The van der Waals surface area contributed by atoms with Crippen molar-refractivity contribution in [3.8, 4) is 73.3 Å². The molecule has 1 aliphatic carbocycles. The van der Waals surface area contributed by atoms with Gasteiger partial charge in [-0.1, -0.05) is 242 Å². The van der Waals surface area contributed by atoms with Crippen LogP contribution in [0.25, 0.3) is 106 Å². The van der Waals surface area contributed by atoms with Crippen LogP contribution in [0.4, 0.5) is 0 Å². The molecular formula is C74H60N4O2Pt-2. The van der Waals surface area contributed by atoms with Crippen LogP contribution in [0.3, 0.4) is 0 Å². The van der Waals surface area contributed by atoms with Gasteiger partial charge in [0, 0.05) is 54.8 Å². The van der Waals surface area contributed by atoms with Crippen LogP contribution >= 0.6 is 0 Å². The fourth-order valence-electron chi connectivity index (χ4n) is 12.3. The maximum atomic E-state index is 7.56. The fraction of sp³-hybridized carbons (Fsp3) is 0.162. The van der Waals surface area contributed by atoms with Crippen LogP contribution in [0, 0.1) is 18.5 Å². The Labute approximate surface area is 488 Å². The molecule has 0 amide bonds. The summed E-state index contributed by atoms with van der Waals surface area (Å²) in [6.45, 7) is 16.3. The Bertz CT molecular complexity index is 4480. The first-order chi connectivity index (χ1) is 38.8. The van der Waals surface area contributed by atoms with Crippen molar-refractivity contribution in [1.29, 1.82) is 0 Å². The average Bonchev–Trinajstić information content (AvgIpc) is 4.24. The molecule has 400 valence electrons. The Hall–Kier alpha value is -8.57. The van der Waals surface area contributed by atoms with Gasteiger partial charge < -0.3 is 18.3 Å². The summed E-state index contributed by atoms with van der Waals surface area (Å²) in [6.07, 6.45) is 5.90. The van der Waals surface area contributed by atoms with E-state index in [1.54, 1.807) is 0 Å². The van der Waals surface area contributed by atoms with Gasteiger partial charge >= 0.3 is 0 Å². The van der Waals surface area contributed by atoms with Gasteiger partial charge in [-0.3, -0.25) is 9.55 Å². The van der Waals surface area contributed by atoms with Gasteiger partial charge in [0.2, 0.25) is 0 Å². The maximum Gasteiger partial charge on any atom is 0.268 e. The largest absolute Gasteiger partial charge is 0.519 e. The SMILES string of the molecule is CC(C)(C)c1ccc(-n2c(-c3[c-]c(Oc4[c-]c(-[n+]5[c-]n(-c6c(-c7ccccc7)cccc6-c6ccccc6)c6ccccc65)c5oc6ccccc6c5c4)c4c(c3)C(C)(C)CCC4(C)C)nc3ccccc32)c(-c2ccccc2)c1.[Pt]. The molecule has 0 saturated carbocycles. The van der Waals surface area contributed by atoms with Crippen molar-refractivity contribution in [2.45, 2.75) is 77.6 Å². The van der Waals surface area contributed by atoms with Crippen LogP contribution < -0.4 is 9.30 Å². The van der Waals surface area contributed by atoms with E-state index in [-0.39, 0.29) is 37.3 Å². The summed E-state index contributed by atoms with van der Waals surface area (Å²) in [4.78, 5) is 5.52. The number of aromatic nitrogens is 4. The summed E-state index contributed by atoms with van der Waals surface area (Å²) in [6, 6.07) is 82.9. The molecule has 0 radical (unpaired) electrons. The van der Waals surface area contributed by atoms with Crippen LogP contribution in [-0.4, -0.2) is 14.1 Å². The number of furan rings is 1. The maximum absolute atomic E-state index is 7.56. The number of para-hydroxylation sites is 6. The summed E-state index contributed by atoms with van der Waals surface area (Å²) in [5.74, 6) is 2.00. The minimum atomic E-state index is -0.244. The average molecular weight is 1230 g/mol. The summed E-state index contributed by atoms with van der Waals surface area (Å²) in [7, 11) is 0. The zero-order valence-electron chi connectivity index (χ0n) is 46.5. The minimum Gasteiger partial charge on any atom is -0.519 e. The Kier molecular flexibility index (Phi) is 12.7. The molecule has 14 rings (SSSR count). The van der Waals surface area contributed by atoms with Gasteiger partial charge in [0.05, 0.1) is 33.6 Å². The van der Waals surface area contributed by atoms with Crippen molar-refractivity contribution < 1.29 is 34.8 Å². The second-order valence-corrected chi connectivity index (χ2v) is 23.8. The van der Waals surface area contributed by atoms with E-state index in [1.165, 1.54) is 11.1 Å². The molecule has 7 heteroatoms. The number of rotatable bonds is 9. The third-order valence-electron chi connectivity index (χ3n) is 16.6. The number of imidazole rings is 2. The number of benzene rings is 10. The van der Waals surface area contributed by atoms with Crippen molar-refractivity contribution in [2.24, 2.45) is 0 Å². The molecule has 6 nitrogen and oxygen atoms in total. The van der Waals surface area contributed by atoms with Gasteiger partial charge in [-0.2, -0.15) is 0 Å². The molecule has 0 spiro atoms. The van der Waals surface area contributed by atoms with Gasteiger partial charge in [-0.05, 0) is 92.1 Å². The molecule has 0 unspecified atom stereocenters. The number of fused-ring (bicyclic) bond motifs is 6. The molecule has 0 N–H and O–H groups in total. The summed E-state index contributed by atoms with van der Waals surface area (Å²) >= 11 is 0. The van der Waals surface area contributed by atoms with E-state index >= 15 is 0 Å². The van der Waals surface area contributed by atoms with E-state index in [1.807, 2.05) is 12.1 Å². The van der Waals surface area contributed by atoms with E-state index in [4.69, 9.17) is 14.1 Å². The normalized spacial score (nSPS) is 13.9. The van der Waals surface area contributed by atoms with Gasteiger partial charge in [-0.25, -0.2) is 0 Å². The van der Waals surface area contributed by atoms with Crippen LogP contribution in [-0.2, 0) is 37.3 Å². The molecule has 1 aliphatic rings. The molecule has 10 aromatic carbocycles. The van der Waals surface area contributed by atoms with Crippen molar-refractivity contribution in [1.82, 2.24) is 14.1 Å². The second kappa shape index (κ2) is 19.9. The Morgan fingerprint density at radius 3 is 1.88 bits per heavy atom. The van der Waals surface area contributed by atoms with Crippen molar-refractivity contribution in [2.75, 3.05) is 0 Å². The zero-order chi connectivity index (χ0) is 54.5. The van der Waals surface area contributed by atoms with Crippen LogP contribution in [0.15, 0.2) is 217 Å². The number of nitrogens with zero attached hydrogens (tertiary/aromatic N) is 4. The molecule has 0 fully saturated rings. The first-order valence-electron chi connectivity index (χ1n) is 27.8. The molecular weight excluding hydrogens is 1170 g/mol. The quantitative estimate of drug-likeness (QED) is 0.107. The summed E-state index contributed by atoms with van der Waals surface area (Å²) < 4.78 is 21.1. The molecule has 0 bridgehead atoms. The zero-order valence-corrected chi connectivity index (χ0v) is 48.8. The molecule has 0 saturated heterocycles. The summed E-state index contributed by atoms with van der Waals surface area (Å²) in [5, 5.41) is 1.89. The monoisotopic (exact) mass is 1230 g/mol. The van der Waals surface area contributed by atoms with Crippen LogP contribution in [0.1, 0.15) is 78.0 Å². The first kappa shape index (κ1) is 51.8. The number of hydrogen-bond acceptors (Lipinski definition) is 3. The van der Waals surface area contributed by atoms with Crippen molar-refractivity contribution in [3.63, 3.8) is 0 Å². The third kappa shape index (κ3) is 8.92. The van der Waals surface area contributed by atoms with Crippen molar-refractivity contribution in [3.05, 3.63) is 247 Å². The van der Waals surface area contributed by atoms with Crippen molar-refractivity contribution >= 4 is 44.0 Å². The van der Waals surface area contributed by atoms with E-state index in [0.29, 0.717) is 22.8 Å². The molecule has 0 atom stereocenters. The van der Waals surface area contributed by atoms with Gasteiger partial charge in [0.25, 0.3) is 6.33 Å². The van der Waals surface area contributed by atoms with E-state index in [9.17, 15) is 0 Å². The predicted octanol–water partition coefficient (Wildman–Crippen LogP) is 18.7. The standard InChI is InChI=1S/C74H60N4O2.Pt/c1-72(2,3)52-38-39-61(57(44-52)50-28-15-10-16-29-50)78-62-34-19-18-33-60(62)75-71(78)51-42-59-68(74(6,7)41-40-73(59,4)5)67(43-51)79-53-45-58-56-30-17-22-37-66(56)80-70(58)65(46-53)76-47-77(64-36-21-20-35-63(64)76)69-54(48-24-11-8-12-25-48)31-23-32-55(69)49-26-13-9-14-27-49;/h8-39,42,44-45H,40-41H2,1-7H3;/q-2;. The van der Waals surface area contributed by atoms with E-state index < -0.39 is 0 Å². The Morgan fingerprint density at radius 1 is 0.580 bits per heavy atom. The van der Waals surface area contributed by atoms with Gasteiger partial charge in [0.1, 0.15) is 5.58 Å². The topological polar surface area (TPSA) is 49.0 Å². The summed E-state index contributed by atoms with van der Waals surface area (Å²) in [5.41, 5.74) is 18.7. The van der Waals surface area contributed by atoms with E-state index in [2.05, 4.69) is 281 Å². The smallest absolute Gasteiger partial charge is 0.268 e. The first-order valence-corrected chi connectivity index (χ1v) is 27.8. The molecule has 3 heterocycles. The number of ether oxygens (including phenoxy) is 1. The molecule has 13 aromatic rings. The Morgan fingerprint density at radius 2 is 1.19 bits per heavy atom. The number of hydrogen-bond donors (Lipinski definition) is 0. The van der Waals surface area contributed by atoms with Crippen LogP contribution in [0.2, 0.25) is 0 Å². The predicted molar refractivity (Wildman–Crippen MR) is 325 cm³/mol.